The molecule has 0 unspecified atom stereocenters. The van der Waals surface area contributed by atoms with Crippen molar-refractivity contribution in [2.45, 2.75) is 20.8 Å². The van der Waals surface area contributed by atoms with Gasteiger partial charge in [0, 0.05) is 22.7 Å². The van der Waals surface area contributed by atoms with E-state index in [0.717, 1.165) is 16.5 Å². The highest BCUT2D eigenvalue weighted by molar-refractivity contribution is 6.08. The van der Waals surface area contributed by atoms with Gasteiger partial charge in [0.25, 0.3) is 0 Å². The van der Waals surface area contributed by atoms with E-state index in [1.54, 1.807) is 13.1 Å². The van der Waals surface area contributed by atoms with Crippen LogP contribution in [0.15, 0.2) is 18.3 Å². The lowest BCUT2D eigenvalue weighted by atomic mass is 10.0. The van der Waals surface area contributed by atoms with Crippen molar-refractivity contribution in [1.82, 2.24) is 4.98 Å². The minimum Gasteiger partial charge on any atom is -0.360 e. The maximum atomic E-state index is 11.4. The predicted molar refractivity (Wildman–Crippen MR) is 57.8 cm³/mol. The Hall–Kier alpha value is -1.57. The summed E-state index contributed by atoms with van der Waals surface area (Å²) in [4.78, 5) is 14.5. The summed E-state index contributed by atoms with van der Waals surface area (Å²) in [5, 5.41) is 1.07. The quantitative estimate of drug-likeness (QED) is 0.684. The third-order valence-electron chi connectivity index (χ3n) is 2.76. The number of rotatable bonds is 1. The Labute approximate surface area is 82.9 Å². The van der Waals surface area contributed by atoms with E-state index in [2.05, 4.69) is 24.9 Å². The number of hydrogen-bond acceptors (Lipinski definition) is 1. The van der Waals surface area contributed by atoms with Gasteiger partial charge in [-0.15, -0.1) is 0 Å². The van der Waals surface area contributed by atoms with E-state index in [9.17, 15) is 4.79 Å². The molecule has 2 nitrogen and oxygen atoms in total. The highest BCUT2D eigenvalue weighted by Crippen LogP contribution is 2.24. The molecule has 0 spiro atoms. The Balaban J connectivity index is 2.89. The van der Waals surface area contributed by atoms with Crippen molar-refractivity contribution in [3.05, 3.63) is 35.0 Å². The zero-order valence-electron chi connectivity index (χ0n) is 8.64. The monoisotopic (exact) mass is 187 g/mol. The van der Waals surface area contributed by atoms with E-state index in [1.807, 2.05) is 6.07 Å². The van der Waals surface area contributed by atoms with Gasteiger partial charge in [-0.3, -0.25) is 4.79 Å². The van der Waals surface area contributed by atoms with Crippen LogP contribution in [0.5, 0.6) is 0 Å². The number of hydrogen-bond donors (Lipinski definition) is 1. The third kappa shape index (κ3) is 1.15. The van der Waals surface area contributed by atoms with Crippen molar-refractivity contribution < 1.29 is 4.79 Å². The van der Waals surface area contributed by atoms with E-state index in [4.69, 9.17) is 0 Å². The number of carbonyl (C=O) groups is 1. The van der Waals surface area contributed by atoms with Crippen LogP contribution >= 0.6 is 0 Å². The summed E-state index contributed by atoms with van der Waals surface area (Å²) in [5.41, 5.74) is 4.24. The fourth-order valence-corrected chi connectivity index (χ4v) is 1.78. The standard InChI is InChI=1S/C12H13NO/c1-7-4-5-11-12(8(7)2)10(6-13-11)9(3)14/h4-6,13H,1-3H3. The van der Waals surface area contributed by atoms with Gasteiger partial charge in [-0.1, -0.05) is 6.07 Å². The second kappa shape index (κ2) is 2.98. The van der Waals surface area contributed by atoms with E-state index in [1.165, 1.54) is 11.1 Å². The van der Waals surface area contributed by atoms with Crippen LogP contribution < -0.4 is 0 Å². The molecule has 2 rings (SSSR count). The fraction of sp³-hybridized carbons (Fsp3) is 0.250. The average Bonchev–Trinajstić information content (AvgIpc) is 2.55. The summed E-state index contributed by atoms with van der Waals surface area (Å²) in [7, 11) is 0. The second-order valence-electron chi connectivity index (χ2n) is 3.69. The van der Waals surface area contributed by atoms with Crippen LogP contribution in [0.2, 0.25) is 0 Å². The Morgan fingerprint density at radius 1 is 1.29 bits per heavy atom. The SMILES string of the molecule is CC(=O)c1c[nH]c2ccc(C)c(C)c12. The van der Waals surface area contributed by atoms with Crippen LogP contribution in [0.1, 0.15) is 28.4 Å². The molecule has 0 aliphatic carbocycles. The van der Waals surface area contributed by atoms with E-state index >= 15 is 0 Å². The van der Waals surface area contributed by atoms with Crippen molar-refractivity contribution in [2.75, 3.05) is 0 Å². The molecule has 0 bridgehead atoms. The topological polar surface area (TPSA) is 32.9 Å². The van der Waals surface area contributed by atoms with Gasteiger partial charge >= 0.3 is 0 Å². The van der Waals surface area contributed by atoms with Gasteiger partial charge in [-0.25, -0.2) is 0 Å². The Morgan fingerprint density at radius 2 is 2.00 bits per heavy atom. The van der Waals surface area contributed by atoms with Gasteiger partial charge in [-0.2, -0.15) is 0 Å². The molecule has 0 saturated heterocycles. The molecule has 2 heteroatoms. The van der Waals surface area contributed by atoms with Crippen LogP contribution in [-0.2, 0) is 0 Å². The highest BCUT2D eigenvalue weighted by Gasteiger charge is 2.10. The Bertz CT molecular complexity index is 508. The number of H-pyrrole nitrogens is 1. The first-order valence-electron chi connectivity index (χ1n) is 4.69. The number of aryl methyl sites for hydroxylation is 2. The van der Waals surface area contributed by atoms with Crippen molar-refractivity contribution in [2.24, 2.45) is 0 Å². The molecule has 0 radical (unpaired) electrons. The van der Waals surface area contributed by atoms with Gasteiger partial charge in [0.2, 0.25) is 0 Å². The number of aromatic nitrogens is 1. The van der Waals surface area contributed by atoms with Crippen LogP contribution in [-0.4, -0.2) is 10.8 Å². The maximum Gasteiger partial charge on any atom is 0.161 e. The maximum absolute atomic E-state index is 11.4. The van der Waals surface area contributed by atoms with Crippen LogP contribution in [0, 0.1) is 13.8 Å². The predicted octanol–water partition coefficient (Wildman–Crippen LogP) is 2.99. The van der Waals surface area contributed by atoms with Crippen LogP contribution in [0.25, 0.3) is 10.9 Å². The largest absolute Gasteiger partial charge is 0.360 e. The first-order chi connectivity index (χ1) is 6.61. The summed E-state index contributed by atoms with van der Waals surface area (Å²) in [6, 6.07) is 4.09. The summed E-state index contributed by atoms with van der Waals surface area (Å²) in [6.45, 7) is 5.72. The number of carbonyl (C=O) groups excluding carboxylic acids is 1. The van der Waals surface area contributed by atoms with Crippen LogP contribution in [0.4, 0.5) is 0 Å². The number of fused-ring (bicyclic) bond motifs is 1. The zero-order chi connectivity index (χ0) is 10.3. The van der Waals surface area contributed by atoms with Gasteiger partial charge in [0.05, 0.1) is 0 Å². The molecule has 0 aliphatic heterocycles. The third-order valence-corrected chi connectivity index (χ3v) is 2.76. The van der Waals surface area contributed by atoms with Crippen molar-refractivity contribution >= 4 is 16.7 Å². The molecular formula is C12H13NO. The van der Waals surface area contributed by atoms with Crippen molar-refractivity contribution in [3.8, 4) is 0 Å². The molecule has 1 N–H and O–H groups in total. The minimum atomic E-state index is 0.116. The first-order valence-corrected chi connectivity index (χ1v) is 4.69. The molecule has 0 atom stereocenters. The molecule has 1 heterocycles. The molecule has 0 aliphatic rings. The van der Waals surface area contributed by atoms with E-state index < -0.39 is 0 Å². The molecule has 72 valence electrons. The highest BCUT2D eigenvalue weighted by atomic mass is 16.1. The number of Topliss-reactive ketones (excluding diaryl/α,β-unsaturated/α-hetero) is 1. The molecule has 2 aromatic rings. The van der Waals surface area contributed by atoms with Gasteiger partial charge in [0.15, 0.2) is 5.78 Å². The van der Waals surface area contributed by atoms with Crippen molar-refractivity contribution in [3.63, 3.8) is 0 Å². The molecule has 14 heavy (non-hydrogen) atoms. The summed E-state index contributed by atoms with van der Waals surface area (Å²) in [6.07, 6.45) is 1.79. The average molecular weight is 187 g/mol. The summed E-state index contributed by atoms with van der Waals surface area (Å²) < 4.78 is 0. The number of ketones is 1. The Kier molecular flexibility index (Phi) is 1.92. The molecule has 1 aromatic carbocycles. The lowest BCUT2D eigenvalue weighted by molar-refractivity contribution is 0.101. The zero-order valence-corrected chi connectivity index (χ0v) is 8.64. The number of nitrogens with one attached hydrogen (secondary N) is 1. The smallest absolute Gasteiger partial charge is 0.161 e. The minimum absolute atomic E-state index is 0.116. The van der Waals surface area contributed by atoms with E-state index in [0.29, 0.717) is 0 Å². The summed E-state index contributed by atoms with van der Waals surface area (Å²) >= 11 is 0. The molecule has 0 saturated carbocycles. The fourth-order valence-electron chi connectivity index (χ4n) is 1.78. The van der Waals surface area contributed by atoms with Gasteiger partial charge < -0.3 is 4.98 Å². The lowest BCUT2D eigenvalue weighted by Gasteiger charge is -2.02. The second-order valence-corrected chi connectivity index (χ2v) is 3.69. The summed E-state index contributed by atoms with van der Waals surface area (Å²) in [5.74, 6) is 0.116. The van der Waals surface area contributed by atoms with Crippen molar-refractivity contribution in [1.29, 1.82) is 0 Å². The molecule has 1 aromatic heterocycles. The molecule has 0 amide bonds. The normalized spacial score (nSPS) is 10.8. The van der Waals surface area contributed by atoms with Gasteiger partial charge in [0.1, 0.15) is 0 Å². The lowest BCUT2D eigenvalue weighted by Crippen LogP contribution is -1.91. The van der Waals surface area contributed by atoms with E-state index in [-0.39, 0.29) is 5.78 Å². The number of benzene rings is 1. The Morgan fingerprint density at radius 3 is 2.64 bits per heavy atom. The van der Waals surface area contributed by atoms with Crippen LogP contribution in [0.3, 0.4) is 0 Å². The molecular weight excluding hydrogens is 174 g/mol. The molecule has 0 fully saturated rings. The number of aromatic amines is 1. The first kappa shape index (κ1) is 9.00. The van der Waals surface area contributed by atoms with Gasteiger partial charge in [-0.05, 0) is 38.0 Å².